The highest BCUT2D eigenvalue weighted by atomic mass is 35.5. The van der Waals surface area contributed by atoms with Gasteiger partial charge in [0, 0.05) is 22.7 Å². The lowest BCUT2D eigenvalue weighted by atomic mass is 10.2. The predicted molar refractivity (Wildman–Crippen MR) is 123 cm³/mol. The molecule has 2 aromatic carbocycles. The van der Waals surface area contributed by atoms with Gasteiger partial charge in [-0.15, -0.1) is 0 Å². The van der Waals surface area contributed by atoms with Crippen LogP contribution in [-0.4, -0.2) is 26.1 Å². The molecule has 2 N–H and O–H groups in total. The molecule has 0 aliphatic heterocycles. The Labute approximate surface area is 192 Å². The number of carbonyl (C=O) groups excluding carboxylic acids is 1. The van der Waals surface area contributed by atoms with Gasteiger partial charge in [-0.3, -0.25) is 4.79 Å². The van der Waals surface area contributed by atoms with Gasteiger partial charge in [0.1, 0.15) is 5.75 Å². The Kier molecular flexibility index (Phi) is 7.42. The molecule has 0 unspecified atom stereocenters. The van der Waals surface area contributed by atoms with Crippen molar-refractivity contribution in [2.75, 3.05) is 16.6 Å². The van der Waals surface area contributed by atoms with Crippen LogP contribution >= 0.6 is 11.6 Å². The van der Waals surface area contributed by atoms with Crippen molar-refractivity contribution >= 4 is 39.1 Å². The Hall–Kier alpha value is -3.04. The summed E-state index contributed by atoms with van der Waals surface area (Å²) in [5.41, 5.74) is 2.65. The lowest BCUT2D eigenvalue weighted by Crippen LogP contribution is -2.14. The number of aryl methyl sites for hydroxylation is 2. The summed E-state index contributed by atoms with van der Waals surface area (Å²) in [4.78, 5) is 12.2. The third-order valence-electron chi connectivity index (χ3n) is 4.78. The lowest BCUT2D eigenvalue weighted by molar-refractivity contribution is -0.116. The van der Waals surface area contributed by atoms with E-state index >= 15 is 0 Å². The average molecular weight is 478 g/mol. The minimum Gasteiger partial charge on any atom is -0.493 e. The number of nitrogens with zero attached hydrogens (tertiary/aromatic N) is 1. The minimum atomic E-state index is -3.84. The van der Waals surface area contributed by atoms with E-state index in [4.69, 9.17) is 20.9 Å². The maximum absolute atomic E-state index is 12.5. The van der Waals surface area contributed by atoms with Gasteiger partial charge in [0.25, 0.3) is 10.0 Å². The first kappa shape index (κ1) is 23.6. The normalized spacial score (nSPS) is 11.2. The van der Waals surface area contributed by atoms with Gasteiger partial charge < -0.3 is 14.6 Å². The number of benzene rings is 2. The zero-order valence-corrected chi connectivity index (χ0v) is 19.5. The van der Waals surface area contributed by atoms with Crippen molar-refractivity contribution in [3.8, 4) is 5.75 Å². The van der Waals surface area contributed by atoms with E-state index in [-0.39, 0.29) is 23.1 Å². The van der Waals surface area contributed by atoms with Crippen molar-refractivity contribution in [3.05, 3.63) is 64.3 Å². The quantitative estimate of drug-likeness (QED) is 0.426. The first-order valence-corrected chi connectivity index (χ1v) is 11.8. The van der Waals surface area contributed by atoms with E-state index in [0.29, 0.717) is 35.0 Å². The molecule has 0 radical (unpaired) electrons. The Bertz CT molecular complexity index is 1210. The number of nitrogens with one attached hydrogen (secondary N) is 2. The lowest BCUT2D eigenvalue weighted by Gasteiger charge is -2.10. The summed E-state index contributed by atoms with van der Waals surface area (Å²) in [5, 5.41) is 7.12. The highest BCUT2D eigenvalue weighted by Crippen LogP contribution is 2.23. The molecule has 0 aliphatic rings. The largest absolute Gasteiger partial charge is 0.493 e. The molecular formula is C22H24ClN3O5S. The van der Waals surface area contributed by atoms with Crippen LogP contribution < -0.4 is 14.8 Å². The van der Waals surface area contributed by atoms with E-state index in [0.717, 1.165) is 11.3 Å². The van der Waals surface area contributed by atoms with E-state index in [2.05, 4.69) is 15.2 Å². The molecule has 1 amide bonds. The molecule has 0 bridgehead atoms. The Morgan fingerprint density at radius 2 is 1.84 bits per heavy atom. The zero-order chi connectivity index (χ0) is 23.3. The highest BCUT2D eigenvalue weighted by molar-refractivity contribution is 7.92. The number of rotatable bonds is 9. The van der Waals surface area contributed by atoms with Crippen molar-refractivity contribution in [1.29, 1.82) is 0 Å². The van der Waals surface area contributed by atoms with Crippen LogP contribution in [0.15, 0.2) is 51.9 Å². The standard InChI is InChI=1S/C22H24ClN3O5S/c1-14-13-17(23)6-11-20(14)30-12-4-5-21(27)24-18-7-9-19(10-8-18)32(28,29)26-22-15(2)16(3)25-31-22/h6-11,13,26H,4-5,12H2,1-3H3,(H,24,27). The van der Waals surface area contributed by atoms with Crippen molar-refractivity contribution in [1.82, 2.24) is 5.16 Å². The molecule has 3 rings (SSSR count). The van der Waals surface area contributed by atoms with Gasteiger partial charge >= 0.3 is 0 Å². The highest BCUT2D eigenvalue weighted by Gasteiger charge is 2.19. The number of anilines is 2. The summed E-state index contributed by atoms with van der Waals surface area (Å²) in [6.45, 7) is 5.73. The Morgan fingerprint density at radius 1 is 1.12 bits per heavy atom. The van der Waals surface area contributed by atoms with E-state index in [1.807, 2.05) is 13.0 Å². The van der Waals surface area contributed by atoms with Gasteiger partial charge in [0.05, 0.1) is 17.2 Å². The number of carbonyl (C=O) groups is 1. The smallest absolute Gasteiger partial charge is 0.264 e. The molecule has 32 heavy (non-hydrogen) atoms. The number of halogens is 1. The Morgan fingerprint density at radius 3 is 2.47 bits per heavy atom. The van der Waals surface area contributed by atoms with Crippen LogP contribution in [0.4, 0.5) is 11.6 Å². The molecule has 1 aromatic heterocycles. The van der Waals surface area contributed by atoms with Gasteiger partial charge in [-0.25, -0.2) is 13.1 Å². The van der Waals surface area contributed by atoms with Crippen molar-refractivity contribution in [3.63, 3.8) is 0 Å². The van der Waals surface area contributed by atoms with Crippen molar-refractivity contribution in [2.45, 2.75) is 38.5 Å². The Balaban J connectivity index is 1.49. The molecule has 1 heterocycles. The number of hydrogen-bond acceptors (Lipinski definition) is 6. The molecule has 0 spiro atoms. The van der Waals surface area contributed by atoms with Crippen LogP contribution in [0.2, 0.25) is 5.02 Å². The molecule has 0 aliphatic carbocycles. The topological polar surface area (TPSA) is 111 Å². The predicted octanol–water partition coefficient (Wildman–Crippen LogP) is 4.85. The van der Waals surface area contributed by atoms with Gasteiger partial charge in [-0.05, 0) is 75.2 Å². The summed E-state index contributed by atoms with van der Waals surface area (Å²) < 4.78 is 38.1. The van der Waals surface area contributed by atoms with Crippen molar-refractivity contribution in [2.24, 2.45) is 0 Å². The molecule has 0 saturated carbocycles. The summed E-state index contributed by atoms with van der Waals surface area (Å²) >= 11 is 5.92. The summed E-state index contributed by atoms with van der Waals surface area (Å²) in [6.07, 6.45) is 0.790. The first-order valence-electron chi connectivity index (χ1n) is 9.90. The molecule has 0 atom stereocenters. The number of hydrogen-bond donors (Lipinski definition) is 2. The molecule has 0 saturated heterocycles. The molecule has 10 heteroatoms. The van der Waals surface area contributed by atoms with Gasteiger partial charge in [0.2, 0.25) is 11.8 Å². The summed E-state index contributed by atoms with van der Waals surface area (Å²) in [5.74, 6) is 0.620. The second-order valence-corrected chi connectivity index (χ2v) is 9.38. The third kappa shape index (κ3) is 6.02. The van der Waals surface area contributed by atoms with Crippen LogP contribution in [0.1, 0.15) is 29.7 Å². The van der Waals surface area contributed by atoms with E-state index in [1.54, 1.807) is 26.0 Å². The summed E-state index contributed by atoms with van der Waals surface area (Å²) in [7, 11) is -3.84. The molecule has 8 nitrogen and oxygen atoms in total. The fourth-order valence-electron chi connectivity index (χ4n) is 2.82. The fraction of sp³-hybridized carbons (Fsp3) is 0.273. The molecule has 3 aromatic rings. The third-order valence-corrected chi connectivity index (χ3v) is 6.36. The number of sulfonamides is 1. The maximum Gasteiger partial charge on any atom is 0.264 e. The van der Waals surface area contributed by atoms with Crippen LogP contribution in [0.25, 0.3) is 0 Å². The first-order chi connectivity index (χ1) is 15.2. The second kappa shape index (κ2) is 10.1. The molecule has 0 fully saturated rings. The van der Waals surface area contributed by atoms with Crippen LogP contribution in [0.3, 0.4) is 0 Å². The van der Waals surface area contributed by atoms with E-state index in [9.17, 15) is 13.2 Å². The van der Waals surface area contributed by atoms with Crippen LogP contribution in [-0.2, 0) is 14.8 Å². The van der Waals surface area contributed by atoms with Gasteiger partial charge in [-0.1, -0.05) is 16.8 Å². The zero-order valence-electron chi connectivity index (χ0n) is 17.9. The van der Waals surface area contributed by atoms with E-state index in [1.165, 1.54) is 24.3 Å². The van der Waals surface area contributed by atoms with Crippen molar-refractivity contribution < 1.29 is 22.5 Å². The van der Waals surface area contributed by atoms with Crippen LogP contribution in [0, 0.1) is 20.8 Å². The van der Waals surface area contributed by atoms with Gasteiger partial charge in [0.15, 0.2) is 0 Å². The number of ether oxygens (including phenoxy) is 1. The second-order valence-electron chi connectivity index (χ2n) is 7.26. The maximum atomic E-state index is 12.5. The fourth-order valence-corrected chi connectivity index (χ4v) is 4.10. The monoisotopic (exact) mass is 477 g/mol. The number of aromatic nitrogens is 1. The van der Waals surface area contributed by atoms with Crippen LogP contribution in [0.5, 0.6) is 5.75 Å². The molecular weight excluding hydrogens is 454 g/mol. The van der Waals surface area contributed by atoms with Gasteiger partial charge in [-0.2, -0.15) is 0 Å². The minimum absolute atomic E-state index is 0.0377. The summed E-state index contributed by atoms with van der Waals surface area (Å²) in [6, 6.07) is 11.2. The van der Waals surface area contributed by atoms with E-state index < -0.39 is 10.0 Å². The molecule has 170 valence electrons. The number of amides is 1. The SMILES string of the molecule is Cc1cc(Cl)ccc1OCCCC(=O)Nc1ccc(S(=O)(=O)Nc2onc(C)c2C)cc1. The average Bonchev–Trinajstić information content (AvgIpc) is 3.04.